The van der Waals surface area contributed by atoms with Crippen LogP contribution in [0.1, 0.15) is 5.56 Å². The largest absolute Gasteiger partial charge is 0.491 e. The van der Waals surface area contributed by atoms with Crippen molar-refractivity contribution in [2.24, 2.45) is 0 Å². The molecule has 36 heavy (non-hydrogen) atoms. The van der Waals surface area contributed by atoms with Gasteiger partial charge in [0.05, 0.1) is 26.0 Å². The van der Waals surface area contributed by atoms with Gasteiger partial charge >= 0.3 is 5.69 Å². The number of rotatable bonds is 10. The molecule has 0 spiro atoms. The summed E-state index contributed by atoms with van der Waals surface area (Å²) in [6, 6.07) is 14.5. The zero-order chi connectivity index (χ0) is 25.1. The van der Waals surface area contributed by atoms with E-state index in [4.69, 9.17) is 18.9 Å². The Bertz CT molecular complexity index is 1480. The number of aliphatic hydroxyl groups excluding tert-OH is 1. The fraction of sp³-hybridized carbons (Fsp3) is 0.320. The summed E-state index contributed by atoms with van der Waals surface area (Å²) >= 11 is 0. The summed E-state index contributed by atoms with van der Waals surface area (Å²) < 4.78 is 25.6. The summed E-state index contributed by atoms with van der Waals surface area (Å²) in [5.41, 5.74) is 0.341. The van der Waals surface area contributed by atoms with Gasteiger partial charge in [-0.05, 0) is 17.7 Å². The maximum absolute atomic E-state index is 13.4. The molecule has 188 valence electrons. The Morgan fingerprint density at radius 1 is 1.08 bits per heavy atom. The van der Waals surface area contributed by atoms with Gasteiger partial charge < -0.3 is 28.6 Å². The third-order valence-corrected chi connectivity index (χ3v) is 5.88. The van der Waals surface area contributed by atoms with Crippen LogP contribution in [0.2, 0.25) is 0 Å². The van der Waals surface area contributed by atoms with E-state index in [1.165, 1.54) is 10.9 Å². The lowest BCUT2D eigenvalue weighted by atomic mass is 10.2. The van der Waals surface area contributed by atoms with Gasteiger partial charge in [0.2, 0.25) is 6.79 Å². The van der Waals surface area contributed by atoms with E-state index in [2.05, 4.69) is 4.98 Å². The quantitative estimate of drug-likeness (QED) is 0.350. The van der Waals surface area contributed by atoms with Crippen molar-refractivity contribution in [2.75, 3.05) is 27.1 Å². The summed E-state index contributed by atoms with van der Waals surface area (Å²) in [5.74, 6) is 1.64. The van der Waals surface area contributed by atoms with Crippen LogP contribution in [-0.2, 0) is 24.4 Å². The standard InChI is InChI=1S/C25H26N4O7/c1-33-10-9-27-15-26-23-22(27)24(31)29(25(32)28(23)12-17-5-3-2-4-6-17)13-18(30)14-34-19-7-8-20-21(11-19)36-16-35-20/h2-8,11,15,18,30H,9-10,12-14,16H2,1H3. The highest BCUT2D eigenvalue weighted by Gasteiger charge is 2.21. The van der Waals surface area contributed by atoms with Crippen LogP contribution in [-0.4, -0.2) is 57.0 Å². The summed E-state index contributed by atoms with van der Waals surface area (Å²) in [6.45, 7) is 0.744. The monoisotopic (exact) mass is 494 g/mol. The van der Waals surface area contributed by atoms with E-state index in [0.29, 0.717) is 30.4 Å². The number of nitrogens with zero attached hydrogens (tertiary/aromatic N) is 4. The van der Waals surface area contributed by atoms with E-state index in [1.54, 1.807) is 29.9 Å². The lowest BCUT2D eigenvalue weighted by molar-refractivity contribution is 0.0900. The molecular formula is C25H26N4O7. The van der Waals surface area contributed by atoms with Crippen molar-refractivity contribution in [1.82, 2.24) is 18.7 Å². The number of fused-ring (bicyclic) bond motifs is 2. The molecule has 0 radical (unpaired) electrons. The smallest absolute Gasteiger partial charge is 0.333 e. The van der Waals surface area contributed by atoms with Gasteiger partial charge in [-0.15, -0.1) is 0 Å². The molecule has 1 N–H and O–H groups in total. The Morgan fingerprint density at radius 2 is 1.89 bits per heavy atom. The first-order valence-electron chi connectivity index (χ1n) is 11.5. The topological polar surface area (TPSA) is 119 Å². The average Bonchev–Trinajstić information content (AvgIpc) is 3.54. The predicted octanol–water partition coefficient (Wildman–Crippen LogP) is 1.22. The number of hydrogen-bond donors (Lipinski definition) is 1. The van der Waals surface area contributed by atoms with Crippen LogP contribution in [0.4, 0.5) is 0 Å². The van der Waals surface area contributed by atoms with Gasteiger partial charge in [-0.2, -0.15) is 0 Å². The Kier molecular flexibility index (Phi) is 6.74. The molecular weight excluding hydrogens is 468 g/mol. The highest BCUT2D eigenvalue weighted by atomic mass is 16.7. The molecule has 1 atom stereocenters. The summed E-state index contributed by atoms with van der Waals surface area (Å²) in [7, 11) is 1.57. The second-order valence-corrected chi connectivity index (χ2v) is 8.35. The fourth-order valence-corrected chi connectivity index (χ4v) is 4.09. The second kappa shape index (κ2) is 10.3. The van der Waals surface area contributed by atoms with E-state index >= 15 is 0 Å². The molecule has 11 heteroatoms. The van der Waals surface area contributed by atoms with E-state index in [9.17, 15) is 14.7 Å². The highest BCUT2D eigenvalue weighted by molar-refractivity contribution is 5.70. The van der Waals surface area contributed by atoms with Gasteiger partial charge in [0.25, 0.3) is 5.56 Å². The van der Waals surface area contributed by atoms with Gasteiger partial charge in [-0.25, -0.2) is 9.78 Å². The molecule has 4 aromatic rings. The van der Waals surface area contributed by atoms with Crippen LogP contribution in [0.5, 0.6) is 17.2 Å². The highest BCUT2D eigenvalue weighted by Crippen LogP contribution is 2.35. The molecule has 0 bridgehead atoms. The van der Waals surface area contributed by atoms with Gasteiger partial charge in [-0.3, -0.25) is 13.9 Å². The first kappa shape index (κ1) is 23.6. The van der Waals surface area contributed by atoms with Crippen molar-refractivity contribution in [3.8, 4) is 17.2 Å². The second-order valence-electron chi connectivity index (χ2n) is 8.35. The van der Waals surface area contributed by atoms with Crippen LogP contribution in [0.25, 0.3) is 11.2 Å². The minimum absolute atomic E-state index is 0.134. The molecule has 0 fully saturated rings. The SMILES string of the molecule is COCCn1cnc2c1c(=O)n(CC(O)COc1ccc3c(c1)OCO3)c(=O)n2Cc1ccccc1. The van der Waals surface area contributed by atoms with Crippen LogP contribution >= 0.6 is 0 Å². The fourth-order valence-electron chi connectivity index (χ4n) is 4.09. The van der Waals surface area contributed by atoms with Crippen molar-refractivity contribution >= 4 is 11.2 Å². The number of imidazole rings is 1. The first-order chi connectivity index (χ1) is 17.5. The molecule has 0 amide bonds. The number of aliphatic hydroxyl groups is 1. The molecule has 0 saturated heterocycles. The van der Waals surface area contributed by atoms with Crippen LogP contribution in [0, 0.1) is 0 Å². The van der Waals surface area contributed by atoms with Crippen LogP contribution in [0.15, 0.2) is 64.4 Å². The maximum Gasteiger partial charge on any atom is 0.333 e. The van der Waals surface area contributed by atoms with E-state index in [-0.39, 0.29) is 37.7 Å². The normalized spacial score (nSPS) is 13.3. The Balaban J connectivity index is 1.44. The number of ether oxygens (including phenoxy) is 4. The van der Waals surface area contributed by atoms with Gasteiger partial charge in [0.15, 0.2) is 22.7 Å². The zero-order valence-electron chi connectivity index (χ0n) is 19.7. The summed E-state index contributed by atoms with van der Waals surface area (Å²) in [4.78, 5) is 31.2. The van der Waals surface area contributed by atoms with Crippen molar-refractivity contribution in [3.05, 3.63) is 81.3 Å². The average molecular weight is 495 g/mol. The Labute approximate surface area is 205 Å². The molecule has 2 aromatic heterocycles. The number of benzene rings is 2. The van der Waals surface area contributed by atoms with Gasteiger partial charge in [0.1, 0.15) is 18.5 Å². The molecule has 1 unspecified atom stereocenters. The third kappa shape index (κ3) is 4.70. The van der Waals surface area contributed by atoms with Crippen molar-refractivity contribution in [1.29, 1.82) is 0 Å². The Morgan fingerprint density at radius 3 is 2.69 bits per heavy atom. The maximum atomic E-state index is 13.4. The molecule has 5 rings (SSSR count). The summed E-state index contributed by atoms with van der Waals surface area (Å²) in [5, 5.41) is 10.7. The number of aromatic nitrogens is 4. The van der Waals surface area contributed by atoms with E-state index < -0.39 is 17.4 Å². The first-order valence-corrected chi connectivity index (χ1v) is 11.5. The minimum atomic E-state index is -1.13. The van der Waals surface area contributed by atoms with Crippen molar-refractivity contribution in [2.45, 2.75) is 25.7 Å². The Hall–Kier alpha value is -4.09. The third-order valence-electron chi connectivity index (χ3n) is 5.88. The van der Waals surface area contributed by atoms with Crippen LogP contribution < -0.4 is 25.5 Å². The van der Waals surface area contributed by atoms with E-state index in [0.717, 1.165) is 10.1 Å². The molecule has 3 heterocycles. The van der Waals surface area contributed by atoms with Gasteiger partial charge in [-0.1, -0.05) is 30.3 Å². The van der Waals surface area contributed by atoms with Crippen molar-refractivity contribution in [3.63, 3.8) is 0 Å². The molecule has 1 aliphatic heterocycles. The lowest BCUT2D eigenvalue weighted by Crippen LogP contribution is -2.44. The molecule has 11 nitrogen and oxygen atoms in total. The predicted molar refractivity (Wildman–Crippen MR) is 130 cm³/mol. The molecule has 1 aliphatic rings. The molecule has 2 aromatic carbocycles. The van der Waals surface area contributed by atoms with Gasteiger partial charge in [0, 0.05) is 19.7 Å². The van der Waals surface area contributed by atoms with Crippen molar-refractivity contribution < 1.29 is 24.1 Å². The molecule has 0 saturated carbocycles. The number of methoxy groups -OCH3 is 1. The number of hydrogen-bond acceptors (Lipinski definition) is 8. The summed E-state index contributed by atoms with van der Waals surface area (Å²) in [6.07, 6.45) is 0.397. The lowest BCUT2D eigenvalue weighted by Gasteiger charge is -2.16. The van der Waals surface area contributed by atoms with Crippen LogP contribution in [0.3, 0.4) is 0 Å². The zero-order valence-corrected chi connectivity index (χ0v) is 19.7. The minimum Gasteiger partial charge on any atom is -0.491 e. The van der Waals surface area contributed by atoms with E-state index in [1.807, 2.05) is 30.3 Å². The molecule has 0 aliphatic carbocycles.